The van der Waals surface area contributed by atoms with Crippen LogP contribution >= 0.6 is 0 Å². The van der Waals surface area contributed by atoms with E-state index in [9.17, 15) is 9.90 Å². The molecule has 9 nitrogen and oxygen atoms in total. The van der Waals surface area contributed by atoms with E-state index in [0.29, 0.717) is 11.0 Å². The maximum absolute atomic E-state index is 11.0. The largest absolute Gasteiger partial charge is 0.492 e. The molecule has 1 aliphatic rings. The molecule has 0 radical (unpaired) electrons. The van der Waals surface area contributed by atoms with Crippen LogP contribution in [0.1, 0.15) is 49.0 Å². The fraction of sp³-hybridized carbons (Fsp3) is 0.438. The van der Waals surface area contributed by atoms with Gasteiger partial charge in [-0.2, -0.15) is 15.2 Å². The molecule has 1 aliphatic carbocycles. The fourth-order valence-electron chi connectivity index (χ4n) is 3.34. The highest BCUT2D eigenvalue weighted by Gasteiger charge is 2.24. The lowest BCUT2D eigenvalue weighted by Crippen LogP contribution is -2.17. The highest BCUT2D eigenvalue weighted by molar-refractivity contribution is 5.87. The van der Waals surface area contributed by atoms with Gasteiger partial charge in [0, 0.05) is 6.20 Å². The number of aromatic hydroxyl groups is 1. The lowest BCUT2D eigenvalue weighted by Gasteiger charge is -2.26. The van der Waals surface area contributed by atoms with Gasteiger partial charge in [0.05, 0.1) is 24.0 Å². The highest BCUT2D eigenvalue weighted by atomic mass is 16.4. The third-order valence-corrected chi connectivity index (χ3v) is 4.78. The van der Waals surface area contributed by atoms with Crippen molar-refractivity contribution in [1.29, 1.82) is 0 Å². The maximum atomic E-state index is 11.0. The van der Waals surface area contributed by atoms with E-state index in [1.165, 1.54) is 17.1 Å². The minimum atomic E-state index is -1.09. The van der Waals surface area contributed by atoms with Crippen molar-refractivity contribution in [2.24, 2.45) is 5.92 Å². The zero-order valence-electron chi connectivity index (χ0n) is 13.7. The van der Waals surface area contributed by atoms with Gasteiger partial charge in [0.2, 0.25) is 5.88 Å². The zero-order chi connectivity index (χ0) is 17.6. The number of nitrogens with zero attached hydrogens (tertiary/aromatic N) is 6. The van der Waals surface area contributed by atoms with Gasteiger partial charge in [-0.1, -0.05) is 6.92 Å². The van der Waals surface area contributed by atoms with Crippen molar-refractivity contribution in [2.45, 2.75) is 38.6 Å². The molecule has 4 rings (SSSR count). The Balaban J connectivity index is 1.72. The Labute approximate surface area is 142 Å². The number of carboxylic acid groups (broad SMARTS) is 1. The summed E-state index contributed by atoms with van der Waals surface area (Å²) in [6, 6.07) is 0.234. The van der Waals surface area contributed by atoms with E-state index in [-0.39, 0.29) is 23.4 Å². The van der Waals surface area contributed by atoms with E-state index in [0.717, 1.165) is 31.6 Å². The van der Waals surface area contributed by atoms with E-state index in [4.69, 9.17) is 5.11 Å². The first-order valence-electron chi connectivity index (χ1n) is 8.25. The number of carboxylic acids is 1. The molecule has 0 amide bonds. The van der Waals surface area contributed by atoms with Crippen molar-refractivity contribution in [1.82, 2.24) is 29.5 Å². The molecule has 0 unspecified atom stereocenters. The molecule has 1 saturated carbocycles. The molecule has 3 heterocycles. The van der Waals surface area contributed by atoms with Gasteiger partial charge in [-0.3, -0.25) is 4.68 Å². The standard InChI is InChI=1S/C16H18N6O3/c1-9-2-4-11(5-3-9)22-13-12(7-18-22)19-16(20-14(13)23)21-8-10(6-17-21)15(24)25/h6-9,11H,2-5H2,1H3,(H,24,25)(H,19,20,23)/t9-,11-. The number of carbonyl (C=O) groups is 1. The normalized spacial score (nSPS) is 20.8. The number of aromatic carboxylic acids is 1. The van der Waals surface area contributed by atoms with Crippen molar-refractivity contribution in [3.63, 3.8) is 0 Å². The van der Waals surface area contributed by atoms with Gasteiger partial charge in [0.25, 0.3) is 5.95 Å². The molecule has 0 bridgehead atoms. The fourth-order valence-corrected chi connectivity index (χ4v) is 3.34. The molecule has 0 saturated heterocycles. The summed E-state index contributed by atoms with van der Waals surface area (Å²) in [6.45, 7) is 2.25. The van der Waals surface area contributed by atoms with Gasteiger partial charge in [0.1, 0.15) is 11.0 Å². The van der Waals surface area contributed by atoms with Crippen molar-refractivity contribution >= 4 is 17.0 Å². The minimum absolute atomic E-state index is 0.0233. The van der Waals surface area contributed by atoms with Gasteiger partial charge >= 0.3 is 5.97 Å². The summed E-state index contributed by atoms with van der Waals surface area (Å²) in [7, 11) is 0. The predicted molar refractivity (Wildman–Crippen MR) is 87.7 cm³/mol. The number of aromatic nitrogens is 6. The lowest BCUT2D eigenvalue weighted by molar-refractivity contribution is 0.0697. The third-order valence-electron chi connectivity index (χ3n) is 4.78. The van der Waals surface area contributed by atoms with Gasteiger partial charge in [-0.25, -0.2) is 14.5 Å². The molecule has 3 aromatic rings. The molecule has 130 valence electrons. The first-order chi connectivity index (χ1) is 12.0. The number of hydrogen-bond acceptors (Lipinski definition) is 6. The molecule has 3 aromatic heterocycles. The Morgan fingerprint density at radius 2 is 1.92 bits per heavy atom. The van der Waals surface area contributed by atoms with E-state index in [1.807, 2.05) is 4.68 Å². The van der Waals surface area contributed by atoms with Crippen molar-refractivity contribution < 1.29 is 15.0 Å². The highest BCUT2D eigenvalue weighted by Crippen LogP contribution is 2.34. The monoisotopic (exact) mass is 342 g/mol. The second kappa shape index (κ2) is 5.83. The van der Waals surface area contributed by atoms with Crippen molar-refractivity contribution in [3.8, 4) is 11.8 Å². The van der Waals surface area contributed by atoms with E-state index in [1.54, 1.807) is 6.20 Å². The van der Waals surface area contributed by atoms with Crippen LogP contribution in [0.15, 0.2) is 18.6 Å². The molecule has 0 aromatic carbocycles. The molecule has 2 N–H and O–H groups in total. The number of rotatable bonds is 3. The zero-order valence-corrected chi connectivity index (χ0v) is 13.7. The van der Waals surface area contributed by atoms with Crippen LogP contribution in [0.25, 0.3) is 17.0 Å². The SMILES string of the molecule is C[C@H]1CC[C@H](n2ncc3nc(-n4cc(C(=O)O)cn4)nc(O)c32)CC1. The molecular formula is C16H18N6O3. The summed E-state index contributed by atoms with van der Waals surface area (Å²) in [5.41, 5.74) is 1.04. The van der Waals surface area contributed by atoms with Crippen molar-refractivity contribution in [2.75, 3.05) is 0 Å². The average Bonchev–Trinajstić information content (AvgIpc) is 3.22. The molecule has 0 aliphatic heterocycles. The van der Waals surface area contributed by atoms with Crippen LogP contribution in [0.3, 0.4) is 0 Å². The quantitative estimate of drug-likeness (QED) is 0.748. The van der Waals surface area contributed by atoms with E-state index < -0.39 is 5.97 Å². The Morgan fingerprint density at radius 3 is 2.60 bits per heavy atom. The topological polar surface area (TPSA) is 119 Å². The molecule has 9 heteroatoms. The van der Waals surface area contributed by atoms with Crippen LogP contribution in [0.4, 0.5) is 0 Å². The van der Waals surface area contributed by atoms with Gasteiger partial charge in [0.15, 0.2) is 0 Å². The van der Waals surface area contributed by atoms with E-state index >= 15 is 0 Å². The van der Waals surface area contributed by atoms with Crippen LogP contribution in [-0.4, -0.2) is 45.7 Å². The van der Waals surface area contributed by atoms with Gasteiger partial charge < -0.3 is 10.2 Å². The molecule has 25 heavy (non-hydrogen) atoms. The summed E-state index contributed by atoms with van der Waals surface area (Å²) >= 11 is 0. The smallest absolute Gasteiger partial charge is 0.338 e. The summed E-state index contributed by atoms with van der Waals surface area (Å²) in [5.74, 6) is -0.438. The Bertz CT molecular complexity index is 939. The summed E-state index contributed by atoms with van der Waals surface area (Å²) in [4.78, 5) is 19.4. The predicted octanol–water partition coefficient (Wildman–Crippen LogP) is 2.17. The summed E-state index contributed by atoms with van der Waals surface area (Å²) in [6.07, 6.45) is 8.41. The Kier molecular flexibility index (Phi) is 3.63. The van der Waals surface area contributed by atoms with Gasteiger partial charge in [-0.05, 0) is 31.6 Å². The minimum Gasteiger partial charge on any atom is -0.492 e. The Morgan fingerprint density at radius 1 is 1.16 bits per heavy atom. The first kappa shape index (κ1) is 15.6. The Hall–Kier alpha value is -2.97. The first-order valence-corrected chi connectivity index (χ1v) is 8.25. The number of fused-ring (bicyclic) bond motifs is 1. The third kappa shape index (κ3) is 2.71. The second-order valence-corrected chi connectivity index (χ2v) is 6.56. The summed E-state index contributed by atoms with van der Waals surface area (Å²) < 4.78 is 3.04. The molecule has 1 fully saturated rings. The molecule has 0 spiro atoms. The van der Waals surface area contributed by atoms with Crippen molar-refractivity contribution in [3.05, 3.63) is 24.2 Å². The molecular weight excluding hydrogens is 324 g/mol. The second-order valence-electron chi connectivity index (χ2n) is 6.56. The maximum Gasteiger partial charge on any atom is 0.338 e. The van der Waals surface area contributed by atoms with Crippen LogP contribution < -0.4 is 0 Å². The average molecular weight is 342 g/mol. The van der Waals surface area contributed by atoms with Crippen LogP contribution in [0.2, 0.25) is 0 Å². The lowest BCUT2D eigenvalue weighted by atomic mass is 9.87. The van der Waals surface area contributed by atoms with Crippen LogP contribution in [0, 0.1) is 5.92 Å². The number of hydrogen-bond donors (Lipinski definition) is 2. The van der Waals surface area contributed by atoms with Crippen LogP contribution in [0.5, 0.6) is 5.88 Å². The molecule has 0 atom stereocenters. The van der Waals surface area contributed by atoms with Crippen LogP contribution in [-0.2, 0) is 0 Å². The van der Waals surface area contributed by atoms with Gasteiger partial charge in [-0.15, -0.1) is 0 Å². The van der Waals surface area contributed by atoms with E-state index in [2.05, 4.69) is 27.1 Å². The summed E-state index contributed by atoms with van der Waals surface area (Å²) in [5, 5.41) is 27.7.